The molecule has 2 rings (SSSR count). The normalized spacial score (nSPS) is 18.1. The Balaban J connectivity index is 2.18. The van der Waals surface area contributed by atoms with Gasteiger partial charge in [0.05, 0.1) is 18.8 Å². The number of amides is 2. The van der Waals surface area contributed by atoms with Crippen LogP contribution in [0.3, 0.4) is 0 Å². The first kappa shape index (κ1) is 14.9. The van der Waals surface area contributed by atoms with Gasteiger partial charge in [-0.1, -0.05) is 0 Å². The Bertz CT molecular complexity index is 557. The molecule has 1 fully saturated rings. The summed E-state index contributed by atoms with van der Waals surface area (Å²) >= 11 is 0. The molecule has 1 aliphatic heterocycles. The number of rotatable bonds is 3. The summed E-state index contributed by atoms with van der Waals surface area (Å²) in [6.07, 6.45) is 1.27. The summed E-state index contributed by atoms with van der Waals surface area (Å²) in [6.45, 7) is 0.455. The van der Waals surface area contributed by atoms with Crippen LogP contribution in [-0.2, 0) is 9.53 Å². The first-order valence-corrected chi connectivity index (χ1v) is 6.34. The Morgan fingerprint density at radius 2 is 2.19 bits per heavy atom. The topological polar surface area (TPSA) is 109 Å². The predicted octanol–water partition coefficient (Wildman–Crippen LogP) is -0.633. The van der Waals surface area contributed by atoms with Gasteiger partial charge in [0.1, 0.15) is 5.69 Å². The largest absolute Gasteiger partial charge is 0.480 e. The van der Waals surface area contributed by atoms with E-state index >= 15 is 0 Å². The maximum Gasteiger partial charge on any atom is 0.328 e. The van der Waals surface area contributed by atoms with Gasteiger partial charge in [0.25, 0.3) is 11.8 Å². The second-order valence-electron chi connectivity index (χ2n) is 4.44. The molecular formula is C13H15N3O5. The number of morpholine rings is 1. The molecule has 8 heteroatoms. The number of carbonyl (C=O) groups is 3. The van der Waals surface area contributed by atoms with E-state index in [0.717, 1.165) is 0 Å². The van der Waals surface area contributed by atoms with Crippen molar-refractivity contribution in [2.75, 3.05) is 26.8 Å². The number of hydrogen-bond acceptors (Lipinski definition) is 5. The van der Waals surface area contributed by atoms with Crippen LogP contribution in [0.2, 0.25) is 0 Å². The van der Waals surface area contributed by atoms with Crippen molar-refractivity contribution in [3.8, 4) is 0 Å². The number of carbonyl (C=O) groups excluding carboxylic acids is 2. The van der Waals surface area contributed by atoms with Crippen LogP contribution < -0.4 is 5.32 Å². The lowest BCUT2D eigenvalue weighted by atomic mass is 10.1. The van der Waals surface area contributed by atoms with Crippen LogP contribution in [0.4, 0.5) is 0 Å². The number of aromatic nitrogens is 1. The molecule has 1 saturated heterocycles. The average Bonchev–Trinajstić information content (AvgIpc) is 2.53. The molecule has 21 heavy (non-hydrogen) atoms. The van der Waals surface area contributed by atoms with Gasteiger partial charge < -0.3 is 20.1 Å². The summed E-state index contributed by atoms with van der Waals surface area (Å²) in [5.74, 6) is -1.91. The summed E-state index contributed by atoms with van der Waals surface area (Å²) in [5.41, 5.74) is 0.418. The van der Waals surface area contributed by atoms with Crippen molar-refractivity contribution < 1.29 is 24.2 Å². The minimum absolute atomic E-state index is 0.0369. The zero-order valence-corrected chi connectivity index (χ0v) is 11.4. The van der Waals surface area contributed by atoms with Gasteiger partial charge in [-0.05, 0) is 12.1 Å². The molecule has 8 nitrogen and oxygen atoms in total. The number of aliphatic carboxylic acids is 1. The molecule has 2 heterocycles. The molecule has 0 radical (unpaired) electrons. The van der Waals surface area contributed by atoms with Gasteiger partial charge in [0.15, 0.2) is 6.04 Å². The lowest BCUT2D eigenvalue weighted by molar-refractivity contribution is -0.147. The smallest absolute Gasteiger partial charge is 0.328 e. The highest BCUT2D eigenvalue weighted by atomic mass is 16.5. The van der Waals surface area contributed by atoms with E-state index in [9.17, 15) is 14.4 Å². The van der Waals surface area contributed by atoms with Crippen molar-refractivity contribution in [3.05, 3.63) is 29.6 Å². The molecule has 0 aliphatic carbocycles. The number of ether oxygens (including phenoxy) is 1. The van der Waals surface area contributed by atoms with Crippen LogP contribution in [0.15, 0.2) is 18.3 Å². The van der Waals surface area contributed by atoms with E-state index in [1.165, 1.54) is 30.3 Å². The first-order chi connectivity index (χ1) is 10.0. The Morgan fingerprint density at radius 3 is 2.76 bits per heavy atom. The van der Waals surface area contributed by atoms with Crippen LogP contribution in [0.5, 0.6) is 0 Å². The molecule has 1 atom stereocenters. The van der Waals surface area contributed by atoms with Gasteiger partial charge in [-0.25, -0.2) is 4.79 Å². The second kappa shape index (κ2) is 6.31. The van der Waals surface area contributed by atoms with Gasteiger partial charge in [-0.2, -0.15) is 0 Å². The van der Waals surface area contributed by atoms with Crippen LogP contribution in [0, 0.1) is 0 Å². The highest BCUT2D eigenvalue weighted by molar-refractivity contribution is 5.97. The summed E-state index contributed by atoms with van der Waals surface area (Å²) in [5, 5.41) is 11.5. The van der Waals surface area contributed by atoms with Gasteiger partial charge in [0, 0.05) is 19.8 Å². The van der Waals surface area contributed by atoms with Gasteiger partial charge in [-0.3, -0.25) is 14.6 Å². The Kier molecular flexibility index (Phi) is 4.49. The van der Waals surface area contributed by atoms with E-state index in [4.69, 9.17) is 9.84 Å². The minimum Gasteiger partial charge on any atom is -0.480 e. The molecule has 1 unspecified atom stereocenters. The van der Waals surface area contributed by atoms with Crippen LogP contribution >= 0.6 is 0 Å². The molecule has 0 saturated carbocycles. The number of pyridine rings is 1. The third-order valence-electron chi connectivity index (χ3n) is 3.14. The third kappa shape index (κ3) is 3.16. The van der Waals surface area contributed by atoms with Gasteiger partial charge in [-0.15, -0.1) is 0 Å². The van der Waals surface area contributed by atoms with Gasteiger partial charge >= 0.3 is 5.97 Å². The molecule has 1 aromatic heterocycles. The average molecular weight is 293 g/mol. The van der Waals surface area contributed by atoms with Gasteiger partial charge in [0.2, 0.25) is 0 Å². The number of hydrogen-bond donors (Lipinski definition) is 2. The van der Waals surface area contributed by atoms with Crippen molar-refractivity contribution in [1.29, 1.82) is 0 Å². The van der Waals surface area contributed by atoms with Crippen molar-refractivity contribution >= 4 is 17.8 Å². The zero-order chi connectivity index (χ0) is 15.4. The van der Waals surface area contributed by atoms with Crippen LogP contribution in [-0.4, -0.2) is 65.6 Å². The summed E-state index contributed by atoms with van der Waals surface area (Å²) in [4.78, 5) is 40.0. The number of carboxylic acids is 1. The second-order valence-corrected chi connectivity index (χ2v) is 4.44. The monoisotopic (exact) mass is 293 g/mol. The first-order valence-electron chi connectivity index (χ1n) is 6.34. The highest BCUT2D eigenvalue weighted by Crippen LogP contribution is 2.13. The maximum absolute atomic E-state index is 12.3. The Morgan fingerprint density at radius 1 is 1.43 bits per heavy atom. The predicted molar refractivity (Wildman–Crippen MR) is 70.9 cm³/mol. The number of carboxylic acid groups (broad SMARTS) is 1. The maximum atomic E-state index is 12.3. The molecule has 2 N–H and O–H groups in total. The van der Waals surface area contributed by atoms with Crippen LogP contribution in [0.25, 0.3) is 0 Å². The number of nitrogens with zero attached hydrogens (tertiary/aromatic N) is 2. The molecule has 0 spiro atoms. The molecule has 1 aromatic rings. The van der Waals surface area contributed by atoms with E-state index in [1.807, 2.05) is 0 Å². The summed E-state index contributed by atoms with van der Waals surface area (Å²) in [7, 11) is 1.48. The fraction of sp³-hybridized carbons (Fsp3) is 0.385. The summed E-state index contributed by atoms with van der Waals surface area (Å²) < 4.78 is 5.08. The van der Waals surface area contributed by atoms with E-state index < -0.39 is 17.9 Å². The van der Waals surface area contributed by atoms with E-state index in [2.05, 4.69) is 10.3 Å². The number of nitrogens with one attached hydrogen (secondary N) is 1. The third-order valence-corrected chi connectivity index (χ3v) is 3.14. The molecule has 0 bridgehead atoms. The molecule has 0 aromatic carbocycles. The quantitative estimate of drug-likeness (QED) is 0.768. The molecule has 112 valence electrons. The van der Waals surface area contributed by atoms with Crippen molar-refractivity contribution in [2.24, 2.45) is 0 Å². The minimum atomic E-state index is -1.11. The zero-order valence-electron chi connectivity index (χ0n) is 11.4. The van der Waals surface area contributed by atoms with E-state index in [0.29, 0.717) is 6.61 Å². The van der Waals surface area contributed by atoms with Crippen molar-refractivity contribution in [3.63, 3.8) is 0 Å². The summed E-state index contributed by atoms with van der Waals surface area (Å²) in [6, 6.07) is 1.86. The molecular weight excluding hydrogens is 278 g/mol. The lowest BCUT2D eigenvalue weighted by Crippen LogP contribution is -2.52. The van der Waals surface area contributed by atoms with Crippen molar-refractivity contribution in [2.45, 2.75) is 6.04 Å². The van der Waals surface area contributed by atoms with Crippen molar-refractivity contribution in [1.82, 2.24) is 15.2 Å². The molecule has 1 aliphatic rings. The molecule has 2 amide bonds. The lowest BCUT2D eigenvalue weighted by Gasteiger charge is -2.32. The highest BCUT2D eigenvalue weighted by Gasteiger charge is 2.33. The SMILES string of the molecule is CNC(=O)c1ccc(C(=O)N2CCOCC2C(=O)O)cn1. The fourth-order valence-corrected chi connectivity index (χ4v) is 2.00. The van der Waals surface area contributed by atoms with E-state index in [1.54, 1.807) is 0 Å². The fourth-order valence-electron chi connectivity index (χ4n) is 2.00. The Hall–Kier alpha value is -2.48. The Labute approximate surface area is 120 Å². The standard InChI is InChI=1S/C13H15N3O5/c1-14-11(17)9-3-2-8(6-15-9)12(18)16-4-5-21-7-10(16)13(19)20/h2-3,6,10H,4-5,7H2,1H3,(H,14,17)(H,19,20). The van der Waals surface area contributed by atoms with E-state index in [-0.39, 0.29) is 30.3 Å². The van der Waals surface area contributed by atoms with Crippen LogP contribution in [0.1, 0.15) is 20.8 Å².